The molecule has 0 aliphatic carbocycles. The summed E-state index contributed by atoms with van der Waals surface area (Å²) in [6.45, 7) is 1.10. The van der Waals surface area contributed by atoms with Crippen LogP contribution >= 0.6 is 35.4 Å². The number of rotatable bonds is 4. The van der Waals surface area contributed by atoms with E-state index in [-0.39, 0.29) is 20.6 Å². The number of halogens is 2. The summed E-state index contributed by atoms with van der Waals surface area (Å²) in [6, 6.07) is 9.85. The maximum absolute atomic E-state index is 12.2. The number of anilines is 1. The molecule has 2 rings (SSSR count). The molecule has 2 amide bonds. The first-order chi connectivity index (χ1) is 12.6. The van der Waals surface area contributed by atoms with Gasteiger partial charge in [-0.1, -0.05) is 23.2 Å². The molecular formula is C16H13Cl2N3O4S2. The number of carbonyl (C=O) groups excluding carboxylic acids is 2. The molecule has 0 fully saturated rings. The van der Waals surface area contributed by atoms with Crippen molar-refractivity contribution < 1.29 is 18.0 Å². The van der Waals surface area contributed by atoms with Gasteiger partial charge < -0.3 is 5.32 Å². The average Bonchev–Trinajstić information content (AvgIpc) is 2.53. The van der Waals surface area contributed by atoms with Crippen LogP contribution in [0.1, 0.15) is 17.3 Å². The minimum absolute atomic E-state index is 0.0107. The zero-order valence-corrected chi connectivity index (χ0v) is 16.9. The van der Waals surface area contributed by atoms with Crippen LogP contribution in [0.25, 0.3) is 0 Å². The van der Waals surface area contributed by atoms with E-state index < -0.39 is 21.8 Å². The molecule has 0 heterocycles. The second-order valence-electron chi connectivity index (χ2n) is 5.22. The maximum atomic E-state index is 12.2. The lowest BCUT2D eigenvalue weighted by molar-refractivity contribution is -0.117. The third kappa shape index (κ3) is 5.90. The van der Waals surface area contributed by atoms with Crippen molar-refractivity contribution in [3.63, 3.8) is 0 Å². The van der Waals surface area contributed by atoms with Gasteiger partial charge in [-0.15, -0.1) is 0 Å². The highest BCUT2D eigenvalue weighted by Gasteiger charge is 2.16. The van der Waals surface area contributed by atoms with E-state index in [1.54, 1.807) is 0 Å². The Labute approximate surface area is 171 Å². The molecule has 0 unspecified atom stereocenters. The standard InChI is InChI=1S/C16H13Cl2N3O4S2/c1-9(22)21-27(24,25)12-5-3-11(4-6-12)19-16(26)20-15(23)13-7-2-10(17)8-14(13)18/h2-8H,1H3,(H,21,22)(H2,19,20,23,26). The van der Waals surface area contributed by atoms with Gasteiger partial charge in [0.05, 0.1) is 15.5 Å². The zero-order chi connectivity index (χ0) is 20.2. The maximum Gasteiger partial charge on any atom is 0.264 e. The molecule has 2 aromatic carbocycles. The molecule has 0 aliphatic heterocycles. The lowest BCUT2D eigenvalue weighted by Gasteiger charge is -2.11. The molecule has 0 radical (unpaired) electrons. The number of carbonyl (C=O) groups is 2. The van der Waals surface area contributed by atoms with Gasteiger partial charge in [0.25, 0.3) is 15.9 Å². The topological polar surface area (TPSA) is 104 Å². The summed E-state index contributed by atoms with van der Waals surface area (Å²) in [7, 11) is -3.92. The number of hydrogen-bond donors (Lipinski definition) is 3. The Hall–Kier alpha value is -2.20. The highest BCUT2D eigenvalue weighted by atomic mass is 35.5. The number of amides is 2. The van der Waals surface area contributed by atoms with E-state index in [1.165, 1.54) is 42.5 Å². The molecule has 11 heteroatoms. The summed E-state index contributed by atoms with van der Waals surface area (Å²) in [5.74, 6) is -1.22. The van der Waals surface area contributed by atoms with Gasteiger partial charge in [0.1, 0.15) is 0 Å². The van der Waals surface area contributed by atoms with Gasteiger partial charge in [-0.05, 0) is 54.7 Å². The van der Waals surface area contributed by atoms with E-state index in [4.69, 9.17) is 35.4 Å². The minimum atomic E-state index is -3.92. The van der Waals surface area contributed by atoms with Crippen LogP contribution in [-0.4, -0.2) is 25.3 Å². The van der Waals surface area contributed by atoms with Crippen molar-refractivity contribution in [3.8, 4) is 0 Å². The molecule has 2 aromatic rings. The summed E-state index contributed by atoms with van der Waals surface area (Å²) in [6.07, 6.45) is 0. The summed E-state index contributed by atoms with van der Waals surface area (Å²) in [5, 5.41) is 5.76. The number of thiocarbonyl (C=S) groups is 1. The SMILES string of the molecule is CC(=O)NS(=O)(=O)c1ccc(NC(=S)NC(=O)c2ccc(Cl)cc2Cl)cc1. The van der Waals surface area contributed by atoms with Crippen LogP contribution in [0.3, 0.4) is 0 Å². The van der Waals surface area contributed by atoms with Gasteiger partial charge in [-0.25, -0.2) is 13.1 Å². The van der Waals surface area contributed by atoms with Crippen LogP contribution in [-0.2, 0) is 14.8 Å². The fraction of sp³-hybridized carbons (Fsp3) is 0.0625. The second-order valence-corrected chi connectivity index (χ2v) is 8.15. The second kappa shape index (κ2) is 8.66. The molecule has 0 saturated carbocycles. The van der Waals surface area contributed by atoms with E-state index in [2.05, 4.69) is 10.6 Å². The van der Waals surface area contributed by atoms with Gasteiger partial charge in [0.2, 0.25) is 5.91 Å². The van der Waals surface area contributed by atoms with E-state index in [0.29, 0.717) is 10.7 Å². The molecule has 3 N–H and O–H groups in total. The van der Waals surface area contributed by atoms with Crippen molar-refractivity contribution in [2.45, 2.75) is 11.8 Å². The molecule has 142 valence electrons. The summed E-state index contributed by atoms with van der Waals surface area (Å²) in [5.41, 5.74) is 0.631. The van der Waals surface area contributed by atoms with E-state index >= 15 is 0 Å². The van der Waals surface area contributed by atoms with Crippen LogP contribution in [0.5, 0.6) is 0 Å². The third-order valence-corrected chi connectivity index (χ3v) is 5.30. The van der Waals surface area contributed by atoms with Crippen molar-refractivity contribution in [1.29, 1.82) is 0 Å². The molecular weight excluding hydrogens is 433 g/mol. The Morgan fingerprint density at radius 1 is 1.04 bits per heavy atom. The first-order valence-corrected chi connectivity index (χ1v) is 9.94. The van der Waals surface area contributed by atoms with Crippen LogP contribution in [0, 0.1) is 0 Å². The lowest BCUT2D eigenvalue weighted by Crippen LogP contribution is -2.34. The Balaban J connectivity index is 2.03. The number of hydrogen-bond acceptors (Lipinski definition) is 5. The molecule has 0 aliphatic rings. The monoisotopic (exact) mass is 445 g/mol. The predicted octanol–water partition coefficient (Wildman–Crippen LogP) is 2.95. The van der Waals surface area contributed by atoms with Crippen LogP contribution < -0.4 is 15.4 Å². The molecule has 0 saturated heterocycles. The normalized spacial score (nSPS) is 10.8. The highest BCUT2D eigenvalue weighted by molar-refractivity contribution is 7.90. The van der Waals surface area contributed by atoms with Crippen molar-refractivity contribution in [3.05, 3.63) is 58.1 Å². The number of benzene rings is 2. The lowest BCUT2D eigenvalue weighted by atomic mass is 10.2. The van der Waals surface area contributed by atoms with Crippen LogP contribution in [0.2, 0.25) is 10.0 Å². The van der Waals surface area contributed by atoms with Crippen molar-refractivity contribution in [2.24, 2.45) is 0 Å². The highest BCUT2D eigenvalue weighted by Crippen LogP contribution is 2.21. The Kier molecular flexibility index (Phi) is 6.77. The van der Waals surface area contributed by atoms with Gasteiger partial charge in [-0.2, -0.15) is 0 Å². The molecule has 0 spiro atoms. The van der Waals surface area contributed by atoms with E-state index in [9.17, 15) is 18.0 Å². The molecule has 27 heavy (non-hydrogen) atoms. The average molecular weight is 446 g/mol. The van der Waals surface area contributed by atoms with Crippen molar-refractivity contribution in [2.75, 3.05) is 5.32 Å². The fourth-order valence-corrected chi connectivity index (χ4v) is 3.67. The molecule has 0 aromatic heterocycles. The largest absolute Gasteiger partial charge is 0.332 e. The minimum Gasteiger partial charge on any atom is -0.332 e. The van der Waals surface area contributed by atoms with E-state index in [1.807, 2.05) is 4.72 Å². The Morgan fingerprint density at radius 3 is 2.22 bits per heavy atom. The first-order valence-electron chi connectivity index (χ1n) is 7.29. The summed E-state index contributed by atoms with van der Waals surface area (Å²) < 4.78 is 25.6. The fourth-order valence-electron chi connectivity index (χ4n) is 1.97. The van der Waals surface area contributed by atoms with E-state index in [0.717, 1.165) is 6.92 Å². The Bertz CT molecular complexity index is 1010. The van der Waals surface area contributed by atoms with Gasteiger partial charge in [0.15, 0.2) is 5.11 Å². The van der Waals surface area contributed by atoms with Gasteiger partial charge in [-0.3, -0.25) is 14.9 Å². The summed E-state index contributed by atoms with van der Waals surface area (Å²) in [4.78, 5) is 23.0. The molecule has 7 nitrogen and oxygen atoms in total. The van der Waals surface area contributed by atoms with Crippen molar-refractivity contribution in [1.82, 2.24) is 10.0 Å². The predicted molar refractivity (Wildman–Crippen MR) is 108 cm³/mol. The van der Waals surface area contributed by atoms with Crippen LogP contribution in [0.4, 0.5) is 5.69 Å². The van der Waals surface area contributed by atoms with Gasteiger partial charge in [0, 0.05) is 17.6 Å². The zero-order valence-electron chi connectivity index (χ0n) is 13.7. The third-order valence-electron chi connectivity index (χ3n) is 3.10. The molecule has 0 bridgehead atoms. The Morgan fingerprint density at radius 2 is 1.67 bits per heavy atom. The smallest absolute Gasteiger partial charge is 0.264 e. The number of sulfonamides is 1. The number of nitrogens with one attached hydrogen (secondary N) is 3. The van der Waals surface area contributed by atoms with Gasteiger partial charge >= 0.3 is 0 Å². The first kappa shape index (κ1) is 21.1. The molecule has 0 atom stereocenters. The summed E-state index contributed by atoms with van der Waals surface area (Å²) >= 11 is 16.8. The quantitative estimate of drug-likeness (QED) is 0.624. The van der Waals surface area contributed by atoms with Crippen LogP contribution in [0.15, 0.2) is 47.4 Å². The van der Waals surface area contributed by atoms with Crippen molar-refractivity contribution >= 4 is 68.1 Å².